The van der Waals surface area contributed by atoms with Gasteiger partial charge in [0.25, 0.3) is 12.1 Å². The monoisotopic (exact) mass is 1390 g/mol. The molecule has 5 aliphatic rings. The quantitative estimate of drug-likeness (QED) is 0.0105. The van der Waals surface area contributed by atoms with E-state index in [9.17, 15) is 43.2 Å². The van der Waals surface area contributed by atoms with Crippen LogP contribution in [0.3, 0.4) is 0 Å². The van der Waals surface area contributed by atoms with E-state index in [1.165, 1.54) is 47.9 Å². The maximum absolute atomic E-state index is 14.4. The summed E-state index contributed by atoms with van der Waals surface area (Å²) in [5, 5.41) is 19.3. The van der Waals surface area contributed by atoms with Crippen molar-refractivity contribution in [3.63, 3.8) is 0 Å². The zero-order valence-corrected chi connectivity index (χ0v) is 59.6. The van der Waals surface area contributed by atoms with Gasteiger partial charge in [0.1, 0.15) is 17.4 Å². The molecule has 4 aromatic carbocycles. The lowest BCUT2D eigenvalue weighted by atomic mass is 9.51. The van der Waals surface area contributed by atoms with E-state index >= 15 is 0 Å². The molecule has 10 rings (SSSR count). The van der Waals surface area contributed by atoms with Crippen molar-refractivity contribution in [2.75, 3.05) is 68.6 Å². The molecule has 3 atom stereocenters. The van der Waals surface area contributed by atoms with Crippen LogP contribution in [0, 0.1) is 0 Å². The van der Waals surface area contributed by atoms with Crippen molar-refractivity contribution in [3.05, 3.63) is 138 Å². The Morgan fingerprint density at radius 2 is 1.14 bits per heavy atom. The molecule has 1 unspecified atom stereocenters. The van der Waals surface area contributed by atoms with E-state index in [4.69, 9.17) is 28.9 Å². The van der Waals surface area contributed by atoms with Crippen LogP contribution in [-0.4, -0.2) is 132 Å². The highest BCUT2D eigenvalue weighted by atomic mass is 16.6. The highest BCUT2D eigenvalue weighted by Crippen LogP contribution is 2.62. The van der Waals surface area contributed by atoms with Crippen molar-refractivity contribution < 1.29 is 56.9 Å². The lowest BCUT2D eigenvalue weighted by molar-refractivity contribution is -0.172. The number of hydrogen-bond donors (Lipinski definition) is 5. The van der Waals surface area contributed by atoms with E-state index in [0.717, 1.165) is 128 Å². The first-order chi connectivity index (χ1) is 48.7. The largest absolute Gasteiger partial charge is 0.461 e. The first kappa shape index (κ1) is 76.1. The first-order valence-corrected chi connectivity index (χ1v) is 36.4. The lowest BCUT2D eigenvalue weighted by Crippen LogP contribution is -2.65. The summed E-state index contributed by atoms with van der Waals surface area (Å²) in [6.07, 6.45) is 16.3. The summed E-state index contributed by atoms with van der Waals surface area (Å²) < 4.78 is 29.3. The average Bonchev–Trinajstić information content (AvgIpc) is 1.12. The van der Waals surface area contributed by atoms with E-state index in [0.29, 0.717) is 49.3 Å². The van der Waals surface area contributed by atoms with Gasteiger partial charge in [-0.1, -0.05) is 121 Å². The summed E-state index contributed by atoms with van der Waals surface area (Å²) >= 11 is 0. The Kier molecular flexibility index (Phi) is 27.5. The van der Waals surface area contributed by atoms with Crippen molar-refractivity contribution in [1.29, 1.82) is 0 Å². The van der Waals surface area contributed by atoms with Gasteiger partial charge in [0.05, 0.1) is 43.4 Å². The molecule has 1 aromatic heterocycles. The highest BCUT2D eigenvalue weighted by molar-refractivity contribution is 5.98. The SMILES string of the molecule is CCCCCCCCC(=O)Nc1ccc2c(c1)C1(CCC(=O)NCCOCCOCCN3C(=O)[C@@H]4C[C@H](N=[N+]=[N-])CN4C(=O)C3Oc3ccc4c(=O)oc(=O)n(C)c4c3)c3cc(NC(=O)CCCCCCCC)ccc3C2c2ccc(NC(=O)CCCCCCCNC(=O)OC(C)(C)C)cc21. The fourth-order valence-corrected chi connectivity index (χ4v) is 14.3. The number of azide groups is 1. The van der Waals surface area contributed by atoms with Crippen molar-refractivity contribution in [2.45, 2.75) is 218 Å². The number of rotatable bonds is 40. The van der Waals surface area contributed by atoms with Gasteiger partial charge in [-0.05, 0) is 147 Å². The van der Waals surface area contributed by atoms with Gasteiger partial charge in [0, 0.05) is 98.3 Å². The number of fused-ring (bicyclic) bond motifs is 2. The number of ether oxygens (including phenoxy) is 4. The van der Waals surface area contributed by atoms with E-state index in [1.54, 1.807) is 0 Å². The zero-order valence-electron chi connectivity index (χ0n) is 59.6. The standard InChI is InChI=1S/C76H101N11O14/c1-7-9-11-13-16-20-24-65(89)80-50-27-31-55-59(44-50)76(36-35-64(88)78-38-40-97-42-43-98-41-39-86-69(92)63-47-53(83-84-77)49-87(63)70(93)71(86)99-54-30-34-58-62(48-54)85(6)74(96)100-72(58)94)60-45-51(81-66(90)25-21-17-14-12-10-8-2)28-32-56(60)68(55)57-33-29-52(46-61(57)76)82-67(91)26-22-18-15-19-23-37-79-73(95)101-75(3,4)5/h27-34,44-46,48,53,63,68,71H,7-26,35-43,47,49H2,1-6H3,(H,78,88)(H,79,95)(H,80,89)(H,81,90)(H,82,91)/t53-,63-,68?,71?,76?/m0/s1. The molecule has 7 amide bonds. The molecule has 544 valence electrons. The van der Waals surface area contributed by atoms with Crippen LogP contribution in [0.2, 0.25) is 0 Å². The minimum atomic E-state index is -1.46. The molecule has 3 aliphatic carbocycles. The molecule has 5 aromatic rings. The highest BCUT2D eigenvalue weighted by Gasteiger charge is 2.53. The fraction of sp³-hybridized carbons (Fsp3) is 0.566. The number of piperazine rings is 1. The third-order valence-electron chi connectivity index (χ3n) is 19.3. The summed E-state index contributed by atoms with van der Waals surface area (Å²) in [4.78, 5) is 126. The van der Waals surface area contributed by atoms with Crippen LogP contribution in [0.25, 0.3) is 21.3 Å². The number of alkyl carbamates (subject to hydrolysis) is 1. The normalized spacial score (nSPS) is 17.9. The molecular weight excluding hydrogens is 1290 g/mol. The number of amides is 7. The predicted octanol–water partition coefficient (Wildman–Crippen LogP) is 12.3. The van der Waals surface area contributed by atoms with Crippen molar-refractivity contribution >= 4 is 69.5 Å². The number of aromatic nitrogens is 1. The van der Waals surface area contributed by atoms with Crippen molar-refractivity contribution in [2.24, 2.45) is 12.2 Å². The van der Waals surface area contributed by atoms with E-state index in [2.05, 4.69) is 68.7 Å². The van der Waals surface area contributed by atoms with Crippen molar-refractivity contribution in [1.82, 2.24) is 25.0 Å². The molecule has 0 saturated carbocycles. The number of unbranched alkanes of at least 4 members (excludes halogenated alkanes) is 14. The Balaban J connectivity index is 0.876. The maximum Gasteiger partial charge on any atom is 0.422 e. The smallest absolute Gasteiger partial charge is 0.422 e. The Bertz CT molecular complexity index is 3850. The van der Waals surface area contributed by atoms with Crippen LogP contribution in [0.5, 0.6) is 5.75 Å². The third-order valence-corrected chi connectivity index (χ3v) is 19.3. The molecule has 25 heteroatoms. The zero-order chi connectivity index (χ0) is 72.1. The Morgan fingerprint density at radius 1 is 0.614 bits per heavy atom. The van der Waals surface area contributed by atoms with Crippen LogP contribution in [0.1, 0.15) is 222 Å². The molecule has 2 aliphatic heterocycles. The Labute approximate surface area is 590 Å². The van der Waals surface area contributed by atoms with Crippen LogP contribution in [0.15, 0.2) is 91.9 Å². The Hall–Kier alpha value is -9.06. The lowest BCUT2D eigenvalue weighted by Gasteiger charge is -2.51. The number of nitrogens with one attached hydrogen (secondary N) is 5. The summed E-state index contributed by atoms with van der Waals surface area (Å²) in [6, 6.07) is 21.0. The van der Waals surface area contributed by atoms with Crippen molar-refractivity contribution in [3.8, 4) is 5.75 Å². The predicted molar refractivity (Wildman–Crippen MR) is 385 cm³/mol. The molecule has 3 heterocycles. The second-order valence-electron chi connectivity index (χ2n) is 27.9. The van der Waals surface area contributed by atoms with Gasteiger partial charge in [0.2, 0.25) is 29.5 Å². The molecule has 2 bridgehead atoms. The second-order valence-corrected chi connectivity index (χ2v) is 27.9. The second kappa shape index (κ2) is 36.5. The van der Waals surface area contributed by atoms with E-state index in [-0.39, 0.29) is 112 Å². The first-order valence-electron chi connectivity index (χ1n) is 36.4. The molecule has 2 fully saturated rings. The van der Waals surface area contributed by atoms with Crippen LogP contribution in [-0.2, 0) is 55.4 Å². The molecule has 0 spiro atoms. The summed E-state index contributed by atoms with van der Waals surface area (Å²) in [7, 11) is 1.42. The average molecular weight is 1390 g/mol. The number of benzene rings is 4. The van der Waals surface area contributed by atoms with Crippen LogP contribution < -0.4 is 42.7 Å². The van der Waals surface area contributed by atoms with Crippen LogP contribution in [0.4, 0.5) is 21.9 Å². The number of hydrogen-bond acceptors (Lipinski definition) is 15. The minimum absolute atomic E-state index is 0.0191. The molecule has 5 N–H and O–H groups in total. The molecule has 0 radical (unpaired) electrons. The summed E-state index contributed by atoms with van der Waals surface area (Å²) in [5.74, 6) is -2.54. The molecule has 101 heavy (non-hydrogen) atoms. The maximum atomic E-state index is 14.4. The number of aryl methyl sites for hydroxylation is 1. The number of carbonyl (C=O) groups is 7. The molecule has 25 nitrogen and oxygen atoms in total. The van der Waals surface area contributed by atoms with Gasteiger partial charge in [-0.2, -0.15) is 0 Å². The number of nitrogens with zero attached hydrogens (tertiary/aromatic N) is 6. The van der Waals surface area contributed by atoms with Gasteiger partial charge in [-0.15, -0.1) is 0 Å². The molecule has 2 saturated heterocycles. The van der Waals surface area contributed by atoms with Gasteiger partial charge >= 0.3 is 17.5 Å². The summed E-state index contributed by atoms with van der Waals surface area (Å²) in [6.45, 7) is 10.8. The molecular formula is C76H101N11O14. The van der Waals surface area contributed by atoms with E-state index < -0.39 is 58.6 Å². The van der Waals surface area contributed by atoms with Crippen LogP contribution >= 0.6 is 0 Å². The van der Waals surface area contributed by atoms with E-state index in [1.807, 2.05) is 57.2 Å². The fourth-order valence-electron chi connectivity index (χ4n) is 14.3. The Morgan fingerprint density at radius 3 is 1.67 bits per heavy atom. The summed E-state index contributed by atoms with van der Waals surface area (Å²) in [5.41, 5.74) is 14.7. The minimum Gasteiger partial charge on any atom is -0.461 e. The van der Waals surface area contributed by atoms with Gasteiger partial charge < -0.3 is 54.8 Å². The number of carbonyl (C=O) groups excluding carboxylic acids is 7. The number of anilines is 3. The third kappa shape index (κ3) is 19.9. The van der Waals surface area contributed by atoms with Gasteiger partial charge in [-0.3, -0.25) is 38.2 Å². The van der Waals surface area contributed by atoms with Gasteiger partial charge in [0.15, 0.2) is 0 Å². The topological polar surface area (TPSA) is 324 Å². The van der Waals surface area contributed by atoms with Gasteiger partial charge in [-0.25, -0.2) is 14.4 Å².